The zero-order valence-electron chi connectivity index (χ0n) is 13.0. The van der Waals surface area contributed by atoms with Crippen LogP contribution in [0.4, 0.5) is 11.6 Å². The van der Waals surface area contributed by atoms with E-state index in [-0.39, 0.29) is 6.10 Å². The average molecular weight is 313 g/mol. The van der Waals surface area contributed by atoms with Gasteiger partial charge in [0.05, 0.1) is 31.6 Å². The molecule has 7 nitrogen and oxygen atoms in total. The van der Waals surface area contributed by atoms with Crippen LogP contribution in [0, 0.1) is 0 Å². The first-order valence-electron chi connectivity index (χ1n) is 7.79. The number of ether oxygens (including phenoxy) is 2. The Hall–Kier alpha value is -2.25. The fraction of sp³-hybridized carbons (Fsp3) is 0.438. The van der Waals surface area contributed by atoms with Crippen molar-refractivity contribution in [3.05, 3.63) is 29.6 Å². The Morgan fingerprint density at radius 3 is 2.78 bits per heavy atom. The molecule has 0 saturated carbocycles. The monoisotopic (exact) mass is 313 g/mol. The van der Waals surface area contributed by atoms with Crippen LogP contribution in [0.15, 0.2) is 18.3 Å². The Kier molecular flexibility index (Phi) is 3.59. The van der Waals surface area contributed by atoms with Crippen molar-refractivity contribution in [2.45, 2.75) is 19.6 Å². The van der Waals surface area contributed by atoms with Gasteiger partial charge in [0.2, 0.25) is 0 Å². The van der Waals surface area contributed by atoms with Crippen molar-refractivity contribution in [1.29, 1.82) is 0 Å². The lowest BCUT2D eigenvalue weighted by atomic mass is 10.1. The maximum Gasteiger partial charge on any atom is 0.163 e. The van der Waals surface area contributed by atoms with E-state index in [0.717, 1.165) is 35.7 Å². The van der Waals surface area contributed by atoms with E-state index in [4.69, 9.17) is 25.2 Å². The van der Waals surface area contributed by atoms with E-state index in [1.54, 1.807) is 12.3 Å². The van der Waals surface area contributed by atoms with E-state index in [9.17, 15) is 0 Å². The Bertz CT molecular complexity index is 713. The number of morpholine rings is 1. The van der Waals surface area contributed by atoms with Gasteiger partial charge >= 0.3 is 0 Å². The van der Waals surface area contributed by atoms with Gasteiger partial charge in [-0.3, -0.25) is 0 Å². The van der Waals surface area contributed by atoms with Crippen molar-refractivity contribution in [3.63, 3.8) is 0 Å². The van der Waals surface area contributed by atoms with Crippen molar-refractivity contribution in [1.82, 2.24) is 15.0 Å². The number of anilines is 2. The van der Waals surface area contributed by atoms with Gasteiger partial charge in [0.15, 0.2) is 5.82 Å². The lowest BCUT2D eigenvalue weighted by molar-refractivity contribution is 0.0778. The molecule has 1 fully saturated rings. The van der Waals surface area contributed by atoms with Gasteiger partial charge in [0, 0.05) is 30.4 Å². The summed E-state index contributed by atoms with van der Waals surface area (Å²) in [6.07, 6.45) is 1.69. The maximum atomic E-state index is 5.77. The first kappa shape index (κ1) is 14.3. The van der Waals surface area contributed by atoms with Crippen molar-refractivity contribution >= 4 is 11.6 Å². The predicted octanol–water partition coefficient (Wildman–Crippen LogP) is 1.55. The Balaban J connectivity index is 1.81. The molecule has 2 N–H and O–H groups in total. The second-order valence-corrected chi connectivity index (χ2v) is 5.76. The molecular weight excluding hydrogens is 294 g/mol. The van der Waals surface area contributed by atoms with Crippen LogP contribution >= 0.6 is 0 Å². The normalized spacial score (nSPS) is 20.6. The number of fused-ring (bicyclic) bond motifs is 1. The third-order valence-electron chi connectivity index (χ3n) is 4.24. The van der Waals surface area contributed by atoms with E-state index in [1.165, 1.54) is 0 Å². The standard InChI is InChI=1S/C16H19N5O2/c1-10-14-12(9-23-10)16(21-4-6-22-7-5-21)20-15(19-14)11-2-3-13(17)18-8-11/h2-3,8,10H,4-7,9H2,1H3,(H2,17,18). The average Bonchev–Trinajstić information content (AvgIpc) is 2.97. The number of nitrogen functional groups attached to an aromatic ring is 1. The second kappa shape index (κ2) is 5.75. The van der Waals surface area contributed by atoms with Gasteiger partial charge in [-0.2, -0.15) is 0 Å². The van der Waals surface area contributed by atoms with Gasteiger partial charge in [-0.1, -0.05) is 0 Å². The molecule has 0 spiro atoms. The van der Waals surface area contributed by atoms with Crippen molar-refractivity contribution < 1.29 is 9.47 Å². The topological polar surface area (TPSA) is 86.4 Å². The minimum atomic E-state index is -0.0201. The first-order chi connectivity index (χ1) is 11.2. The molecule has 2 aliphatic heterocycles. The molecule has 120 valence electrons. The SMILES string of the molecule is CC1OCc2c1nc(-c1ccc(N)nc1)nc2N1CCOCC1. The van der Waals surface area contributed by atoms with Crippen LogP contribution in [0.2, 0.25) is 0 Å². The van der Waals surface area contributed by atoms with Crippen LogP contribution in [0.25, 0.3) is 11.4 Å². The summed E-state index contributed by atoms with van der Waals surface area (Å²) in [6.45, 7) is 5.67. The highest BCUT2D eigenvalue weighted by molar-refractivity contribution is 5.61. The van der Waals surface area contributed by atoms with Gasteiger partial charge < -0.3 is 20.1 Å². The highest BCUT2D eigenvalue weighted by Gasteiger charge is 2.29. The minimum Gasteiger partial charge on any atom is -0.384 e. The highest BCUT2D eigenvalue weighted by Crippen LogP contribution is 2.36. The minimum absolute atomic E-state index is 0.0201. The van der Waals surface area contributed by atoms with Gasteiger partial charge in [0.25, 0.3) is 0 Å². The van der Waals surface area contributed by atoms with Crippen LogP contribution in [-0.4, -0.2) is 41.3 Å². The van der Waals surface area contributed by atoms with Crippen LogP contribution in [0.3, 0.4) is 0 Å². The van der Waals surface area contributed by atoms with Crippen molar-refractivity contribution in [2.24, 2.45) is 0 Å². The molecule has 2 aliphatic rings. The summed E-state index contributed by atoms with van der Waals surface area (Å²) in [5.74, 6) is 2.10. The number of nitrogens with zero attached hydrogens (tertiary/aromatic N) is 4. The molecule has 23 heavy (non-hydrogen) atoms. The quantitative estimate of drug-likeness (QED) is 0.900. The predicted molar refractivity (Wildman–Crippen MR) is 85.9 cm³/mol. The molecule has 4 heterocycles. The van der Waals surface area contributed by atoms with E-state index in [1.807, 2.05) is 13.0 Å². The number of hydrogen-bond acceptors (Lipinski definition) is 7. The molecule has 0 bridgehead atoms. The molecular formula is C16H19N5O2. The summed E-state index contributed by atoms with van der Waals surface area (Å²) in [7, 11) is 0. The summed E-state index contributed by atoms with van der Waals surface area (Å²) < 4.78 is 11.2. The summed E-state index contributed by atoms with van der Waals surface area (Å²) in [6, 6.07) is 3.66. The second-order valence-electron chi connectivity index (χ2n) is 5.76. The van der Waals surface area contributed by atoms with Crippen molar-refractivity contribution in [2.75, 3.05) is 36.9 Å². The van der Waals surface area contributed by atoms with Crippen LogP contribution in [-0.2, 0) is 16.1 Å². The van der Waals surface area contributed by atoms with Crippen LogP contribution < -0.4 is 10.6 Å². The summed E-state index contributed by atoms with van der Waals surface area (Å²) >= 11 is 0. The van der Waals surface area contributed by atoms with Gasteiger partial charge in [0.1, 0.15) is 11.6 Å². The smallest absolute Gasteiger partial charge is 0.163 e. The Morgan fingerprint density at radius 1 is 1.22 bits per heavy atom. The fourth-order valence-electron chi connectivity index (χ4n) is 2.95. The molecule has 1 saturated heterocycles. The third kappa shape index (κ3) is 2.62. The van der Waals surface area contributed by atoms with E-state index >= 15 is 0 Å². The molecule has 7 heteroatoms. The molecule has 1 atom stereocenters. The van der Waals surface area contributed by atoms with Gasteiger partial charge in [-0.05, 0) is 19.1 Å². The number of aromatic nitrogens is 3. The molecule has 0 aliphatic carbocycles. The molecule has 4 rings (SSSR count). The van der Waals surface area contributed by atoms with E-state index in [2.05, 4.69) is 9.88 Å². The lowest BCUT2D eigenvalue weighted by Crippen LogP contribution is -2.37. The van der Waals surface area contributed by atoms with Crippen LogP contribution in [0.1, 0.15) is 24.3 Å². The largest absolute Gasteiger partial charge is 0.384 e. The molecule has 1 unspecified atom stereocenters. The number of hydrogen-bond donors (Lipinski definition) is 1. The third-order valence-corrected chi connectivity index (χ3v) is 4.24. The molecule has 2 aromatic rings. The lowest BCUT2D eigenvalue weighted by Gasteiger charge is -2.29. The van der Waals surface area contributed by atoms with E-state index in [0.29, 0.717) is 31.5 Å². The molecule has 2 aromatic heterocycles. The molecule has 0 amide bonds. The van der Waals surface area contributed by atoms with E-state index < -0.39 is 0 Å². The van der Waals surface area contributed by atoms with Gasteiger partial charge in [-0.15, -0.1) is 0 Å². The molecule has 0 radical (unpaired) electrons. The highest BCUT2D eigenvalue weighted by atomic mass is 16.5. The van der Waals surface area contributed by atoms with Crippen molar-refractivity contribution in [3.8, 4) is 11.4 Å². The number of rotatable bonds is 2. The van der Waals surface area contributed by atoms with Gasteiger partial charge in [-0.25, -0.2) is 15.0 Å². The fourth-order valence-corrected chi connectivity index (χ4v) is 2.95. The molecule has 0 aromatic carbocycles. The number of nitrogens with two attached hydrogens (primary N) is 1. The zero-order valence-corrected chi connectivity index (χ0v) is 13.0. The zero-order chi connectivity index (χ0) is 15.8. The Labute approximate surface area is 134 Å². The summed E-state index contributed by atoms with van der Waals surface area (Å²) in [4.78, 5) is 15.9. The first-order valence-corrected chi connectivity index (χ1v) is 7.79. The Morgan fingerprint density at radius 2 is 2.04 bits per heavy atom. The van der Waals surface area contributed by atoms with Crippen LogP contribution in [0.5, 0.6) is 0 Å². The number of pyridine rings is 1. The summed E-state index contributed by atoms with van der Waals surface area (Å²) in [5, 5.41) is 0. The summed E-state index contributed by atoms with van der Waals surface area (Å²) in [5.41, 5.74) is 8.58. The maximum absolute atomic E-state index is 5.77.